The molecule has 1 spiro atoms. The summed E-state index contributed by atoms with van der Waals surface area (Å²) in [5, 5.41) is 0. The fraction of sp³-hybridized carbons (Fsp3) is 0.320. The molecule has 5 heteroatoms. The van der Waals surface area contributed by atoms with Crippen LogP contribution in [0.25, 0.3) is 6.08 Å². The molecule has 156 valence electrons. The number of esters is 1. The van der Waals surface area contributed by atoms with Gasteiger partial charge in [0, 0.05) is 16.8 Å². The number of ether oxygens (including phenoxy) is 3. The maximum Gasteiger partial charge on any atom is 0.333 e. The molecule has 0 fully saturated rings. The van der Waals surface area contributed by atoms with Crippen molar-refractivity contribution in [1.82, 2.24) is 0 Å². The van der Waals surface area contributed by atoms with Gasteiger partial charge in [0.15, 0.2) is 11.5 Å². The average Bonchev–Trinajstić information content (AvgIpc) is 2.92. The molecular weight excluding hydrogens is 378 g/mol. The topological polar surface area (TPSA) is 48.0 Å². The largest absolute Gasteiger partial charge is 0.493 e. The molecule has 2 aromatic carbocycles. The predicted molar refractivity (Wildman–Crippen MR) is 118 cm³/mol. The van der Waals surface area contributed by atoms with Crippen molar-refractivity contribution in [1.29, 1.82) is 0 Å². The molecule has 0 saturated carbocycles. The van der Waals surface area contributed by atoms with Crippen LogP contribution in [0, 0.1) is 0 Å². The van der Waals surface area contributed by atoms with Gasteiger partial charge in [-0.15, -0.1) is 0 Å². The van der Waals surface area contributed by atoms with E-state index >= 15 is 0 Å². The van der Waals surface area contributed by atoms with E-state index in [2.05, 4.69) is 49.6 Å². The van der Waals surface area contributed by atoms with Crippen molar-refractivity contribution < 1.29 is 19.0 Å². The quantitative estimate of drug-likeness (QED) is 0.532. The standard InChI is InChI=1S/C25H27NO4/c1-17(2)23(27)29-16-15-26-20-11-7-6-10-19(20)24(3,4)25(26)14-13-18-9-8-12-21(28-5)22(18)30-25/h6-14H,1,15-16H2,2-5H3/t25-/m0/s1. The van der Waals surface area contributed by atoms with E-state index in [1.807, 2.05) is 30.3 Å². The Hall–Kier alpha value is -3.21. The second-order valence-electron chi connectivity index (χ2n) is 8.22. The number of benzene rings is 2. The first kappa shape index (κ1) is 20.1. The van der Waals surface area contributed by atoms with E-state index in [1.165, 1.54) is 5.56 Å². The van der Waals surface area contributed by atoms with Gasteiger partial charge in [-0.25, -0.2) is 4.79 Å². The third-order valence-electron chi connectivity index (χ3n) is 6.04. The molecule has 0 amide bonds. The Labute approximate surface area is 177 Å². The van der Waals surface area contributed by atoms with Crippen molar-refractivity contribution in [2.75, 3.05) is 25.2 Å². The number of carbonyl (C=O) groups excluding carboxylic acids is 1. The molecule has 0 unspecified atom stereocenters. The number of hydrogen-bond donors (Lipinski definition) is 0. The lowest BCUT2D eigenvalue weighted by molar-refractivity contribution is -0.138. The summed E-state index contributed by atoms with van der Waals surface area (Å²) in [5.74, 6) is 1.02. The van der Waals surface area contributed by atoms with Gasteiger partial charge in [0.25, 0.3) is 0 Å². The number of rotatable bonds is 5. The van der Waals surface area contributed by atoms with Crippen LogP contribution in [-0.4, -0.2) is 32.0 Å². The molecule has 2 aliphatic heterocycles. The van der Waals surface area contributed by atoms with E-state index in [0.29, 0.717) is 23.6 Å². The van der Waals surface area contributed by atoms with Crippen molar-refractivity contribution in [2.24, 2.45) is 0 Å². The molecule has 5 nitrogen and oxygen atoms in total. The number of para-hydroxylation sites is 2. The highest BCUT2D eigenvalue weighted by Crippen LogP contribution is 2.55. The fourth-order valence-corrected chi connectivity index (χ4v) is 4.39. The van der Waals surface area contributed by atoms with Gasteiger partial charge in [-0.05, 0) is 50.6 Å². The molecule has 1 atom stereocenters. The van der Waals surface area contributed by atoms with Crippen molar-refractivity contribution in [2.45, 2.75) is 31.9 Å². The van der Waals surface area contributed by atoms with Crippen molar-refractivity contribution >= 4 is 17.7 Å². The van der Waals surface area contributed by atoms with Crippen LogP contribution in [0.4, 0.5) is 5.69 Å². The number of fused-ring (bicyclic) bond motifs is 2. The summed E-state index contributed by atoms with van der Waals surface area (Å²) >= 11 is 0. The van der Waals surface area contributed by atoms with Crippen LogP contribution in [0.15, 0.2) is 60.7 Å². The summed E-state index contributed by atoms with van der Waals surface area (Å²) in [4.78, 5) is 14.1. The Bertz CT molecular complexity index is 1040. The minimum atomic E-state index is -0.784. The second kappa shape index (κ2) is 7.24. The fourth-order valence-electron chi connectivity index (χ4n) is 4.39. The third kappa shape index (κ3) is 2.88. The molecule has 2 aliphatic rings. The van der Waals surface area contributed by atoms with Gasteiger partial charge < -0.3 is 19.1 Å². The number of nitrogens with zero attached hydrogens (tertiary/aromatic N) is 1. The Kier molecular flexibility index (Phi) is 4.85. The van der Waals surface area contributed by atoms with Gasteiger partial charge in [-0.1, -0.05) is 36.9 Å². The maximum absolute atomic E-state index is 11.9. The van der Waals surface area contributed by atoms with E-state index in [1.54, 1.807) is 14.0 Å². The summed E-state index contributed by atoms with van der Waals surface area (Å²) in [6.45, 7) is 10.4. The van der Waals surface area contributed by atoms with Crippen LogP contribution in [0.2, 0.25) is 0 Å². The normalized spacial score (nSPS) is 20.3. The first-order valence-electron chi connectivity index (χ1n) is 10.1. The SMILES string of the molecule is C=C(C)C(=O)OCCN1c2ccccc2C(C)(C)[C@@]12C=Cc1cccc(OC)c1O2. The lowest BCUT2D eigenvalue weighted by Gasteiger charge is -2.47. The molecule has 0 radical (unpaired) electrons. The van der Waals surface area contributed by atoms with Gasteiger partial charge >= 0.3 is 5.97 Å². The molecule has 0 aromatic heterocycles. The van der Waals surface area contributed by atoms with Crippen LogP contribution in [0.3, 0.4) is 0 Å². The van der Waals surface area contributed by atoms with Crippen molar-refractivity contribution in [3.63, 3.8) is 0 Å². The van der Waals surface area contributed by atoms with E-state index in [4.69, 9.17) is 14.2 Å². The minimum Gasteiger partial charge on any atom is -0.493 e. The summed E-state index contributed by atoms with van der Waals surface area (Å²) in [6.07, 6.45) is 4.19. The zero-order valence-corrected chi connectivity index (χ0v) is 17.9. The molecule has 2 heterocycles. The van der Waals surface area contributed by atoms with Crippen molar-refractivity contribution in [3.05, 3.63) is 71.8 Å². The molecule has 0 N–H and O–H groups in total. The van der Waals surface area contributed by atoms with Gasteiger partial charge in [-0.3, -0.25) is 0 Å². The van der Waals surface area contributed by atoms with E-state index in [0.717, 1.165) is 11.3 Å². The summed E-state index contributed by atoms with van der Waals surface area (Å²) in [6, 6.07) is 14.1. The predicted octanol–water partition coefficient (Wildman–Crippen LogP) is 4.71. The number of methoxy groups -OCH3 is 1. The van der Waals surface area contributed by atoms with E-state index in [-0.39, 0.29) is 18.0 Å². The van der Waals surface area contributed by atoms with Gasteiger partial charge in [0.05, 0.1) is 19.1 Å². The highest BCUT2D eigenvalue weighted by atomic mass is 16.6. The maximum atomic E-state index is 11.9. The summed E-state index contributed by atoms with van der Waals surface area (Å²) in [7, 11) is 1.65. The van der Waals surface area contributed by atoms with Crippen LogP contribution >= 0.6 is 0 Å². The highest BCUT2D eigenvalue weighted by molar-refractivity contribution is 5.87. The zero-order chi connectivity index (χ0) is 21.5. The highest BCUT2D eigenvalue weighted by Gasteiger charge is 2.59. The summed E-state index contributed by atoms with van der Waals surface area (Å²) in [5.41, 5.74) is 2.46. The Balaban J connectivity index is 1.77. The van der Waals surface area contributed by atoms with Crippen LogP contribution in [-0.2, 0) is 14.9 Å². The molecule has 0 bridgehead atoms. The van der Waals surface area contributed by atoms with Crippen LogP contribution in [0.5, 0.6) is 11.5 Å². The Morgan fingerprint density at radius 3 is 2.67 bits per heavy atom. The number of carbonyl (C=O) groups is 1. The zero-order valence-electron chi connectivity index (χ0n) is 17.9. The lowest BCUT2D eigenvalue weighted by Crippen LogP contribution is -2.60. The first-order chi connectivity index (χ1) is 14.3. The molecule has 4 rings (SSSR count). The van der Waals surface area contributed by atoms with E-state index in [9.17, 15) is 4.79 Å². The Morgan fingerprint density at radius 2 is 1.93 bits per heavy atom. The Morgan fingerprint density at radius 1 is 1.17 bits per heavy atom. The van der Waals surface area contributed by atoms with Gasteiger partial charge in [0.1, 0.15) is 6.61 Å². The van der Waals surface area contributed by atoms with Crippen LogP contribution < -0.4 is 14.4 Å². The summed E-state index contributed by atoms with van der Waals surface area (Å²) < 4.78 is 17.8. The average molecular weight is 405 g/mol. The van der Waals surface area contributed by atoms with Crippen LogP contribution in [0.1, 0.15) is 31.9 Å². The molecule has 2 aromatic rings. The van der Waals surface area contributed by atoms with Crippen molar-refractivity contribution in [3.8, 4) is 11.5 Å². The first-order valence-corrected chi connectivity index (χ1v) is 10.1. The molecular formula is C25H27NO4. The van der Waals surface area contributed by atoms with Gasteiger partial charge in [-0.2, -0.15) is 0 Å². The molecule has 0 saturated heterocycles. The van der Waals surface area contributed by atoms with Gasteiger partial charge in [0.2, 0.25) is 5.72 Å². The number of hydrogen-bond acceptors (Lipinski definition) is 5. The monoisotopic (exact) mass is 405 g/mol. The smallest absolute Gasteiger partial charge is 0.333 e. The minimum absolute atomic E-state index is 0.230. The second-order valence-corrected chi connectivity index (χ2v) is 8.22. The molecule has 30 heavy (non-hydrogen) atoms. The van der Waals surface area contributed by atoms with E-state index < -0.39 is 5.72 Å². The number of anilines is 1. The lowest BCUT2D eigenvalue weighted by atomic mass is 9.76. The third-order valence-corrected chi connectivity index (χ3v) is 6.04. The molecule has 0 aliphatic carbocycles.